The Labute approximate surface area is 135 Å². The molecular formula is C13H18B8. The van der Waals surface area contributed by atoms with Crippen molar-refractivity contribution in [2.24, 2.45) is 0 Å². The Bertz CT molecular complexity index is 742. The first-order valence-corrected chi connectivity index (χ1v) is 7.96. The van der Waals surface area contributed by atoms with E-state index in [4.69, 9.17) is 0 Å². The number of rotatable bonds is 0. The van der Waals surface area contributed by atoms with Crippen LogP contribution in [0.3, 0.4) is 0 Å². The van der Waals surface area contributed by atoms with Gasteiger partial charge in [0.15, 0.2) is 0 Å². The zero-order valence-corrected chi connectivity index (χ0v) is 14.7. The maximum absolute atomic E-state index is 2.31. The summed E-state index contributed by atoms with van der Waals surface area (Å²) in [4.78, 5) is 0. The lowest BCUT2D eigenvalue weighted by Gasteiger charge is -2.20. The highest BCUT2D eigenvalue weighted by atomic mass is 14.3. The highest BCUT2D eigenvalue weighted by Crippen LogP contribution is 2.29. The van der Waals surface area contributed by atoms with Crippen LogP contribution >= 0.6 is 0 Å². The molecule has 0 unspecified atom stereocenters. The smallest absolute Gasteiger partial charge is 0.102 e. The molecule has 0 heterocycles. The fraction of sp³-hybridized carbons (Fsp3) is 0.0769. The molecule has 0 bridgehead atoms. The summed E-state index contributed by atoms with van der Waals surface area (Å²) in [5.74, 6) is 0. The standard InChI is InChI=1S/C13H18B8/c14-6-2-1-3-5(4(2)8(16)12(20)10(6)18)9(17)13(21)11(19)7(3)15/h1,14-21H2. The van der Waals surface area contributed by atoms with E-state index in [1.165, 1.54) is 54.8 Å². The number of hydrogen-bond acceptors (Lipinski definition) is 0. The second-order valence-corrected chi connectivity index (χ2v) is 6.88. The molecule has 1 aliphatic carbocycles. The second kappa shape index (κ2) is 4.73. The van der Waals surface area contributed by atoms with Gasteiger partial charge in [-0.2, -0.15) is 0 Å². The molecule has 2 aromatic rings. The van der Waals surface area contributed by atoms with E-state index >= 15 is 0 Å². The fourth-order valence-electron chi connectivity index (χ4n) is 4.08. The van der Waals surface area contributed by atoms with Crippen molar-refractivity contribution in [3.63, 3.8) is 0 Å². The SMILES string of the molecule is Bc1c(B)c(B)c2c(c1B)Cc1c(B)c(B)c(B)c(B)c1-2. The fourth-order valence-corrected chi connectivity index (χ4v) is 4.08. The van der Waals surface area contributed by atoms with E-state index in [9.17, 15) is 0 Å². The van der Waals surface area contributed by atoms with Gasteiger partial charge in [-0.05, 0) is 28.7 Å². The number of benzene rings is 2. The summed E-state index contributed by atoms with van der Waals surface area (Å²) < 4.78 is 0. The molecule has 0 N–H and O–H groups in total. The summed E-state index contributed by atoms with van der Waals surface area (Å²) in [5.41, 5.74) is 18.1. The van der Waals surface area contributed by atoms with E-state index in [1.54, 1.807) is 11.1 Å². The monoisotopic (exact) mass is 262 g/mol. The minimum Gasteiger partial charge on any atom is -0.102 e. The van der Waals surface area contributed by atoms with Gasteiger partial charge in [0, 0.05) is 0 Å². The normalized spacial score (nSPS) is 12.2. The van der Waals surface area contributed by atoms with Gasteiger partial charge in [0.05, 0.1) is 0 Å². The molecule has 0 radical (unpaired) electrons. The van der Waals surface area contributed by atoms with E-state index in [2.05, 4.69) is 62.8 Å². The Morgan fingerprint density at radius 3 is 1.00 bits per heavy atom. The van der Waals surface area contributed by atoms with E-state index in [-0.39, 0.29) is 0 Å². The Hall–Kier alpha value is -1.04. The van der Waals surface area contributed by atoms with E-state index in [0.717, 1.165) is 6.42 Å². The van der Waals surface area contributed by atoms with Gasteiger partial charge in [-0.1, -0.05) is 21.9 Å². The first-order chi connectivity index (χ1) is 9.77. The molecule has 0 aromatic heterocycles. The van der Waals surface area contributed by atoms with Crippen LogP contribution < -0.4 is 43.7 Å². The van der Waals surface area contributed by atoms with Gasteiger partial charge < -0.3 is 0 Å². The Kier molecular flexibility index (Phi) is 3.35. The molecule has 0 amide bonds. The molecule has 0 fully saturated rings. The van der Waals surface area contributed by atoms with Crippen LogP contribution in [0.25, 0.3) is 11.1 Å². The lowest BCUT2D eigenvalue weighted by Crippen LogP contribution is -2.51. The van der Waals surface area contributed by atoms with Crippen molar-refractivity contribution in [1.29, 1.82) is 0 Å². The van der Waals surface area contributed by atoms with E-state index in [0.29, 0.717) is 0 Å². The maximum atomic E-state index is 2.31. The van der Waals surface area contributed by atoms with Crippen molar-refractivity contribution < 1.29 is 0 Å². The van der Waals surface area contributed by atoms with Gasteiger partial charge in [-0.3, -0.25) is 0 Å². The summed E-state index contributed by atoms with van der Waals surface area (Å²) in [6, 6.07) is 0. The highest BCUT2D eigenvalue weighted by molar-refractivity contribution is 6.67. The average Bonchev–Trinajstić information content (AvgIpc) is 2.87. The Morgan fingerprint density at radius 1 is 0.381 bits per heavy atom. The van der Waals surface area contributed by atoms with Crippen molar-refractivity contribution in [3.8, 4) is 11.1 Å². The predicted molar refractivity (Wildman–Crippen MR) is 120 cm³/mol. The first kappa shape index (κ1) is 14.9. The van der Waals surface area contributed by atoms with E-state index < -0.39 is 0 Å². The van der Waals surface area contributed by atoms with Gasteiger partial charge in [0.2, 0.25) is 0 Å². The highest BCUT2D eigenvalue weighted by Gasteiger charge is 2.27. The molecule has 0 aliphatic heterocycles. The number of hydrogen-bond donors (Lipinski definition) is 0. The quantitative estimate of drug-likeness (QED) is 0.352. The molecule has 94 valence electrons. The van der Waals surface area contributed by atoms with Crippen molar-refractivity contribution >= 4 is 106 Å². The van der Waals surface area contributed by atoms with Crippen molar-refractivity contribution in [2.75, 3.05) is 0 Å². The van der Waals surface area contributed by atoms with Crippen LogP contribution in [0, 0.1) is 0 Å². The maximum Gasteiger partial charge on any atom is 0.139 e. The molecule has 0 saturated carbocycles. The largest absolute Gasteiger partial charge is 0.139 e. The van der Waals surface area contributed by atoms with E-state index in [1.807, 2.05) is 0 Å². The van der Waals surface area contributed by atoms with Gasteiger partial charge in [-0.15, -0.1) is 21.9 Å². The molecule has 3 rings (SSSR count). The van der Waals surface area contributed by atoms with Crippen LogP contribution in [-0.4, -0.2) is 62.8 Å². The Morgan fingerprint density at radius 2 is 0.667 bits per heavy atom. The van der Waals surface area contributed by atoms with Crippen LogP contribution in [0.4, 0.5) is 0 Å². The van der Waals surface area contributed by atoms with Crippen LogP contribution in [0.1, 0.15) is 11.1 Å². The molecule has 0 atom stereocenters. The third kappa shape index (κ3) is 1.81. The third-order valence-corrected chi connectivity index (χ3v) is 6.24. The zero-order chi connectivity index (χ0) is 15.6. The van der Waals surface area contributed by atoms with Gasteiger partial charge in [0.1, 0.15) is 62.8 Å². The molecule has 2 aromatic carbocycles. The molecule has 0 spiro atoms. The Balaban J connectivity index is 2.49. The molecule has 8 heteroatoms. The summed E-state index contributed by atoms with van der Waals surface area (Å²) >= 11 is 0. The first-order valence-electron chi connectivity index (χ1n) is 7.96. The molecule has 1 aliphatic rings. The van der Waals surface area contributed by atoms with Crippen LogP contribution in [0.5, 0.6) is 0 Å². The topological polar surface area (TPSA) is 0 Å². The number of fused-ring (bicyclic) bond motifs is 3. The van der Waals surface area contributed by atoms with Crippen molar-refractivity contribution in [3.05, 3.63) is 11.1 Å². The molecule has 0 nitrogen and oxygen atoms in total. The second-order valence-electron chi connectivity index (χ2n) is 6.88. The van der Waals surface area contributed by atoms with Crippen LogP contribution in [0.15, 0.2) is 0 Å². The van der Waals surface area contributed by atoms with Gasteiger partial charge in [-0.25, -0.2) is 0 Å². The average molecular weight is 261 g/mol. The summed E-state index contributed by atoms with van der Waals surface area (Å²) in [7, 11) is 18.3. The van der Waals surface area contributed by atoms with Gasteiger partial charge >= 0.3 is 0 Å². The minimum absolute atomic E-state index is 1.12. The predicted octanol–water partition coefficient (Wildman–Crippen LogP) is -10.7. The summed E-state index contributed by atoms with van der Waals surface area (Å²) in [5, 5.41) is 0. The van der Waals surface area contributed by atoms with Crippen LogP contribution in [0.2, 0.25) is 0 Å². The molecule has 21 heavy (non-hydrogen) atoms. The molecular weight excluding hydrogens is 243 g/mol. The zero-order valence-electron chi connectivity index (χ0n) is 14.7. The van der Waals surface area contributed by atoms with Gasteiger partial charge in [0.25, 0.3) is 0 Å². The minimum atomic E-state index is 1.12. The summed E-state index contributed by atoms with van der Waals surface area (Å²) in [6.45, 7) is 0. The van der Waals surface area contributed by atoms with Crippen molar-refractivity contribution in [2.45, 2.75) is 6.42 Å². The lowest BCUT2D eigenvalue weighted by molar-refractivity contribution is 1.31. The third-order valence-electron chi connectivity index (χ3n) is 6.24. The molecule has 0 saturated heterocycles. The van der Waals surface area contributed by atoms with Crippen LogP contribution in [-0.2, 0) is 6.42 Å². The van der Waals surface area contributed by atoms with Crippen molar-refractivity contribution in [1.82, 2.24) is 0 Å². The summed E-state index contributed by atoms with van der Waals surface area (Å²) in [6.07, 6.45) is 1.12. The lowest BCUT2D eigenvalue weighted by atomic mass is 9.61.